The molecule has 2 nitrogen and oxygen atoms in total. The maximum absolute atomic E-state index is 13.6. The molecule has 0 atom stereocenters. The maximum atomic E-state index is 13.6. The van der Waals surface area contributed by atoms with Crippen LogP contribution in [0.25, 0.3) is 11.3 Å². The summed E-state index contributed by atoms with van der Waals surface area (Å²) in [6.07, 6.45) is 0.946. The average molecular weight is 291 g/mol. The number of carbonyl (C=O) groups excluding carboxylic acids is 1. The highest BCUT2D eigenvalue weighted by atomic mass is 19.2. The maximum Gasteiger partial charge on any atom is 0.200 e. The van der Waals surface area contributed by atoms with Crippen LogP contribution in [0.15, 0.2) is 12.3 Å². The molecule has 8 heteroatoms. The number of aromatic nitrogens is 1. The molecule has 0 aliphatic heterocycles. The van der Waals surface area contributed by atoms with Gasteiger partial charge in [-0.2, -0.15) is 0 Å². The highest BCUT2D eigenvalue weighted by molar-refractivity contribution is 5.75. The first-order chi connectivity index (χ1) is 9.38. The molecule has 0 saturated carbocycles. The second kappa shape index (κ2) is 4.95. The van der Waals surface area contributed by atoms with Crippen LogP contribution < -0.4 is 0 Å². The second-order valence-electron chi connectivity index (χ2n) is 3.66. The van der Waals surface area contributed by atoms with Gasteiger partial charge in [0.1, 0.15) is 11.5 Å². The molecule has 20 heavy (non-hydrogen) atoms. The van der Waals surface area contributed by atoms with E-state index < -0.39 is 46.2 Å². The Hall–Kier alpha value is -2.38. The molecule has 0 amide bonds. The Kier molecular flexibility index (Phi) is 3.47. The standard InChI is InChI=1S/C12H3F6NO/c13-5-1-4(3-20)2-19-12(5)6-7(14)9(16)11(18)10(17)8(6)15/h1-3H. The van der Waals surface area contributed by atoms with Gasteiger partial charge in [0, 0.05) is 11.8 Å². The van der Waals surface area contributed by atoms with Gasteiger partial charge in [0.25, 0.3) is 0 Å². The van der Waals surface area contributed by atoms with Gasteiger partial charge < -0.3 is 0 Å². The van der Waals surface area contributed by atoms with Crippen LogP contribution in [-0.2, 0) is 0 Å². The molecule has 0 unspecified atom stereocenters. The Morgan fingerprint density at radius 3 is 1.80 bits per heavy atom. The van der Waals surface area contributed by atoms with Crippen molar-refractivity contribution in [1.82, 2.24) is 4.98 Å². The van der Waals surface area contributed by atoms with E-state index in [1.807, 2.05) is 0 Å². The lowest BCUT2D eigenvalue weighted by atomic mass is 10.1. The zero-order valence-corrected chi connectivity index (χ0v) is 9.36. The van der Waals surface area contributed by atoms with Gasteiger partial charge in [-0.25, -0.2) is 26.3 Å². The number of hydrogen-bond acceptors (Lipinski definition) is 2. The van der Waals surface area contributed by atoms with E-state index in [-0.39, 0.29) is 11.8 Å². The molecule has 0 saturated heterocycles. The smallest absolute Gasteiger partial charge is 0.200 e. The minimum Gasteiger partial charge on any atom is -0.298 e. The SMILES string of the molecule is O=Cc1cnc(-c2c(F)c(F)c(F)c(F)c2F)c(F)c1. The Bertz CT molecular complexity index is 687. The Balaban J connectivity index is 2.80. The summed E-state index contributed by atoms with van der Waals surface area (Å²) in [6, 6.07) is 0.563. The number of hydrogen-bond donors (Lipinski definition) is 0. The van der Waals surface area contributed by atoms with Gasteiger partial charge in [-0.05, 0) is 6.07 Å². The summed E-state index contributed by atoms with van der Waals surface area (Å²) in [7, 11) is 0. The average Bonchev–Trinajstić information content (AvgIpc) is 2.44. The highest BCUT2D eigenvalue weighted by Crippen LogP contribution is 2.31. The predicted molar refractivity (Wildman–Crippen MR) is 54.8 cm³/mol. The summed E-state index contributed by atoms with van der Waals surface area (Å²) in [5.41, 5.74) is -2.82. The van der Waals surface area contributed by atoms with E-state index in [0.717, 1.165) is 6.20 Å². The molecule has 0 bridgehead atoms. The zero-order chi connectivity index (χ0) is 15.0. The minimum atomic E-state index is -2.35. The first kappa shape index (κ1) is 14.0. The molecule has 0 spiro atoms. The lowest BCUT2D eigenvalue weighted by Crippen LogP contribution is -2.06. The lowest BCUT2D eigenvalue weighted by Gasteiger charge is -2.08. The molecule has 0 aliphatic carbocycles. The molecule has 0 radical (unpaired) electrons. The topological polar surface area (TPSA) is 30.0 Å². The number of pyridine rings is 1. The molecule has 0 N–H and O–H groups in total. The van der Waals surface area contributed by atoms with Gasteiger partial charge in [-0.1, -0.05) is 0 Å². The molecular formula is C12H3F6NO. The van der Waals surface area contributed by atoms with E-state index in [1.165, 1.54) is 0 Å². The van der Waals surface area contributed by atoms with E-state index in [9.17, 15) is 31.1 Å². The second-order valence-corrected chi connectivity index (χ2v) is 3.66. The van der Waals surface area contributed by atoms with E-state index >= 15 is 0 Å². The van der Waals surface area contributed by atoms with Gasteiger partial charge in [-0.3, -0.25) is 9.78 Å². The van der Waals surface area contributed by atoms with E-state index in [2.05, 4.69) is 4.98 Å². The monoisotopic (exact) mass is 291 g/mol. The van der Waals surface area contributed by atoms with Crippen LogP contribution in [0.3, 0.4) is 0 Å². The lowest BCUT2D eigenvalue weighted by molar-refractivity contribution is 0.112. The molecule has 2 rings (SSSR count). The quantitative estimate of drug-likeness (QED) is 0.367. The van der Waals surface area contributed by atoms with Crippen LogP contribution in [-0.4, -0.2) is 11.3 Å². The van der Waals surface area contributed by atoms with Crippen LogP contribution in [0.5, 0.6) is 0 Å². The third-order valence-electron chi connectivity index (χ3n) is 2.45. The molecule has 1 aromatic carbocycles. The van der Waals surface area contributed by atoms with Crippen LogP contribution in [0.4, 0.5) is 26.3 Å². The van der Waals surface area contributed by atoms with E-state index in [0.29, 0.717) is 6.07 Å². The summed E-state index contributed by atoms with van der Waals surface area (Å²) in [6.45, 7) is 0. The number of aldehydes is 1. The predicted octanol–water partition coefficient (Wildman–Crippen LogP) is 3.40. The van der Waals surface area contributed by atoms with Crippen molar-refractivity contribution in [2.75, 3.05) is 0 Å². The number of halogens is 6. The van der Waals surface area contributed by atoms with Crippen molar-refractivity contribution in [1.29, 1.82) is 0 Å². The normalized spacial score (nSPS) is 10.7. The molecular weight excluding hydrogens is 288 g/mol. The fraction of sp³-hybridized carbons (Fsp3) is 0. The Labute approximate surface area is 107 Å². The third kappa shape index (κ3) is 2.02. The summed E-state index contributed by atoms with van der Waals surface area (Å²) in [4.78, 5) is 13.6. The summed E-state index contributed by atoms with van der Waals surface area (Å²) >= 11 is 0. The fourth-order valence-electron chi connectivity index (χ4n) is 1.51. The van der Waals surface area contributed by atoms with Gasteiger partial charge in [0.05, 0.1) is 5.56 Å². The van der Waals surface area contributed by atoms with Gasteiger partial charge >= 0.3 is 0 Å². The van der Waals surface area contributed by atoms with Crippen LogP contribution in [0.1, 0.15) is 10.4 Å². The first-order valence-electron chi connectivity index (χ1n) is 5.01. The zero-order valence-electron chi connectivity index (χ0n) is 9.36. The Morgan fingerprint density at radius 1 is 0.850 bits per heavy atom. The largest absolute Gasteiger partial charge is 0.298 e. The minimum absolute atomic E-state index is 0.207. The molecule has 104 valence electrons. The fourth-order valence-corrected chi connectivity index (χ4v) is 1.51. The number of carbonyl (C=O) groups is 1. The van der Waals surface area contributed by atoms with Crippen molar-refractivity contribution >= 4 is 6.29 Å². The molecule has 1 heterocycles. The Morgan fingerprint density at radius 2 is 1.35 bits per heavy atom. The van der Waals surface area contributed by atoms with Crippen molar-refractivity contribution in [3.63, 3.8) is 0 Å². The molecule has 0 fully saturated rings. The van der Waals surface area contributed by atoms with Crippen LogP contribution in [0.2, 0.25) is 0 Å². The molecule has 1 aromatic heterocycles. The van der Waals surface area contributed by atoms with Crippen LogP contribution in [0, 0.1) is 34.9 Å². The summed E-state index contributed by atoms with van der Waals surface area (Å²) in [5.74, 6) is -12.6. The molecule has 0 aliphatic rings. The van der Waals surface area contributed by atoms with Crippen molar-refractivity contribution in [2.45, 2.75) is 0 Å². The number of benzene rings is 1. The van der Waals surface area contributed by atoms with Crippen molar-refractivity contribution in [3.05, 3.63) is 52.7 Å². The van der Waals surface area contributed by atoms with E-state index in [1.54, 1.807) is 0 Å². The van der Waals surface area contributed by atoms with Crippen LogP contribution >= 0.6 is 0 Å². The molecule has 2 aromatic rings. The summed E-state index contributed by atoms with van der Waals surface area (Å²) < 4.78 is 79.3. The van der Waals surface area contributed by atoms with Crippen molar-refractivity contribution in [2.24, 2.45) is 0 Å². The van der Waals surface area contributed by atoms with Gasteiger partial charge in [0.2, 0.25) is 5.82 Å². The van der Waals surface area contributed by atoms with Gasteiger partial charge in [0.15, 0.2) is 29.6 Å². The third-order valence-corrected chi connectivity index (χ3v) is 2.45. The summed E-state index contributed by atoms with van der Waals surface area (Å²) in [5, 5.41) is 0. The van der Waals surface area contributed by atoms with Crippen molar-refractivity contribution in [3.8, 4) is 11.3 Å². The van der Waals surface area contributed by atoms with Gasteiger partial charge in [-0.15, -0.1) is 0 Å². The van der Waals surface area contributed by atoms with Crippen molar-refractivity contribution < 1.29 is 31.1 Å². The first-order valence-corrected chi connectivity index (χ1v) is 5.01. The number of nitrogens with zero attached hydrogens (tertiary/aromatic N) is 1. The van der Waals surface area contributed by atoms with E-state index in [4.69, 9.17) is 0 Å². The highest BCUT2D eigenvalue weighted by Gasteiger charge is 2.28. The number of rotatable bonds is 2.